The second kappa shape index (κ2) is 6.64. The van der Waals surface area contributed by atoms with E-state index in [2.05, 4.69) is 5.32 Å². The summed E-state index contributed by atoms with van der Waals surface area (Å²) >= 11 is 5.98. The maximum absolute atomic E-state index is 12.6. The molecule has 0 saturated heterocycles. The van der Waals surface area contributed by atoms with Crippen LogP contribution < -0.4 is 5.32 Å². The number of rotatable bonds is 4. The van der Waals surface area contributed by atoms with Crippen molar-refractivity contribution >= 4 is 23.2 Å². The predicted molar refractivity (Wildman–Crippen MR) is 88.0 cm³/mol. The van der Waals surface area contributed by atoms with Crippen molar-refractivity contribution in [2.45, 2.75) is 13.5 Å². The summed E-state index contributed by atoms with van der Waals surface area (Å²) in [6.45, 7) is 2.50. The van der Waals surface area contributed by atoms with Crippen LogP contribution in [-0.2, 0) is 6.54 Å². The highest BCUT2D eigenvalue weighted by molar-refractivity contribution is 6.30. The van der Waals surface area contributed by atoms with E-state index in [4.69, 9.17) is 11.6 Å². The van der Waals surface area contributed by atoms with E-state index in [9.17, 15) is 4.79 Å². The van der Waals surface area contributed by atoms with Gasteiger partial charge in [-0.1, -0.05) is 35.4 Å². The number of benzene rings is 2. The van der Waals surface area contributed by atoms with Gasteiger partial charge in [0.2, 0.25) is 0 Å². The third-order valence-corrected chi connectivity index (χ3v) is 3.57. The first-order chi connectivity index (χ1) is 10.0. The van der Waals surface area contributed by atoms with E-state index in [-0.39, 0.29) is 5.91 Å². The first kappa shape index (κ1) is 15.4. The Morgan fingerprint density at radius 2 is 2.00 bits per heavy atom. The number of carbonyl (C=O) groups is 1. The van der Waals surface area contributed by atoms with E-state index in [0.29, 0.717) is 17.1 Å². The molecule has 110 valence electrons. The molecule has 2 rings (SSSR count). The number of nitrogens with one attached hydrogen (secondary N) is 1. The van der Waals surface area contributed by atoms with E-state index in [1.54, 1.807) is 11.9 Å². The molecule has 0 fully saturated rings. The molecule has 4 heteroatoms. The molecule has 2 aromatic carbocycles. The van der Waals surface area contributed by atoms with Crippen LogP contribution in [0.5, 0.6) is 0 Å². The number of carbonyl (C=O) groups excluding carboxylic acids is 1. The molecule has 0 aliphatic rings. The van der Waals surface area contributed by atoms with Crippen molar-refractivity contribution in [2.24, 2.45) is 0 Å². The van der Waals surface area contributed by atoms with E-state index >= 15 is 0 Å². The minimum absolute atomic E-state index is 0.0111. The summed E-state index contributed by atoms with van der Waals surface area (Å²) in [7, 11) is 3.61. The van der Waals surface area contributed by atoms with Crippen LogP contribution in [0.3, 0.4) is 0 Å². The Kier molecular flexibility index (Phi) is 4.86. The topological polar surface area (TPSA) is 32.3 Å². The van der Waals surface area contributed by atoms with Crippen LogP contribution in [-0.4, -0.2) is 24.9 Å². The van der Waals surface area contributed by atoms with Gasteiger partial charge in [-0.25, -0.2) is 0 Å². The fourth-order valence-corrected chi connectivity index (χ4v) is 2.45. The molecule has 2 aromatic rings. The fraction of sp³-hybridized carbons (Fsp3) is 0.235. The molecule has 0 aromatic heterocycles. The van der Waals surface area contributed by atoms with Crippen LogP contribution in [0.25, 0.3) is 0 Å². The van der Waals surface area contributed by atoms with E-state index in [1.165, 1.54) is 0 Å². The van der Waals surface area contributed by atoms with Gasteiger partial charge in [0.15, 0.2) is 0 Å². The summed E-state index contributed by atoms with van der Waals surface area (Å²) in [6.07, 6.45) is 0. The second-order valence-corrected chi connectivity index (χ2v) is 5.53. The maximum atomic E-state index is 12.6. The molecule has 21 heavy (non-hydrogen) atoms. The molecular formula is C17H19ClN2O. The van der Waals surface area contributed by atoms with Crippen LogP contribution in [0, 0.1) is 6.92 Å². The summed E-state index contributed by atoms with van der Waals surface area (Å²) in [4.78, 5) is 14.3. The highest BCUT2D eigenvalue weighted by atomic mass is 35.5. The SMILES string of the molecule is CNc1ccc(C)cc1C(=O)N(C)Cc1cccc(Cl)c1. The second-order valence-electron chi connectivity index (χ2n) is 5.09. The molecule has 1 N–H and O–H groups in total. The van der Waals surface area contributed by atoms with Crippen molar-refractivity contribution in [3.63, 3.8) is 0 Å². The zero-order valence-electron chi connectivity index (χ0n) is 12.5. The molecule has 1 amide bonds. The van der Waals surface area contributed by atoms with Gasteiger partial charge in [0, 0.05) is 31.4 Å². The van der Waals surface area contributed by atoms with Gasteiger partial charge in [-0.05, 0) is 36.8 Å². The van der Waals surface area contributed by atoms with Gasteiger partial charge >= 0.3 is 0 Å². The van der Waals surface area contributed by atoms with Crippen molar-refractivity contribution in [1.82, 2.24) is 4.90 Å². The molecular weight excluding hydrogens is 284 g/mol. The van der Waals surface area contributed by atoms with Gasteiger partial charge in [-0.3, -0.25) is 4.79 Å². The number of anilines is 1. The Bertz CT molecular complexity index is 655. The Labute approximate surface area is 130 Å². The first-order valence-electron chi connectivity index (χ1n) is 6.79. The minimum atomic E-state index is -0.0111. The molecule has 0 saturated carbocycles. The van der Waals surface area contributed by atoms with Crippen LogP contribution in [0.4, 0.5) is 5.69 Å². The van der Waals surface area contributed by atoms with Gasteiger partial charge in [-0.2, -0.15) is 0 Å². The van der Waals surface area contributed by atoms with Gasteiger partial charge in [0.1, 0.15) is 0 Å². The van der Waals surface area contributed by atoms with Crippen molar-refractivity contribution in [3.8, 4) is 0 Å². The van der Waals surface area contributed by atoms with Gasteiger partial charge < -0.3 is 10.2 Å². The van der Waals surface area contributed by atoms with Gasteiger partial charge in [0.25, 0.3) is 5.91 Å². The Morgan fingerprint density at radius 1 is 1.24 bits per heavy atom. The van der Waals surface area contributed by atoms with Crippen molar-refractivity contribution < 1.29 is 4.79 Å². The van der Waals surface area contributed by atoms with E-state index in [0.717, 1.165) is 16.8 Å². The van der Waals surface area contributed by atoms with Gasteiger partial charge in [-0.15, -0.1) is 0 Å². The predicted octanol–water partition coefficient (Wildman–Crippen LogP) is 3.96. The number of hydrogen-bond acceptors (Lipinski definition) is 2. The standard InChI is InChI=1S/C17H19ClN2O/c1-12-7-8-16(19-2)15(9-12)17(21)20(3)11-13-5-4-6-14(18)10-13/h4-10,19H,11H2,1-3H3. The van der Waals surface area contributed by atoms with Crippen LogP contribution in [0.2, 0.25) is 5.02 Å². The fourth-order valence-electron chi connectivity index (χ4n) is 2.24. The number of aryl methyl sites for hydroxylation is 1. The molecule has 0 heterocycles. The van der Waals surface area contributed by atoms with Crippen LogP contribution in [0.1, 0.15) is 21.5 Å². The molecule has 0 unspecified atom stereocenters. The summed E-state index contributed by atoms with van der Waals surface area (Å²) < 4.78 is 0. The number of hydrogen-bond donors (Lipinski definition) is 1. The smallest absolute Gasteiger partial charge is 0.256 e. The van der Waals surface area contributed by atoms with Crippen LogP contribution >= 0.6 is 11.6 Å². The maximum Gasteiger partial charge on any atom is 0.256 e. The van der Waals surface area contributed by atoms with E-state index < -0.39 is 0 Å². The van der Waals surface area contributed by atoms with Crippen molar-refractivity contribution in [2.75, 3.05) is 19.4 Å². The number of amides is 1. The molecule has 0 radical (unpaired) electrons. The Morgan fingerprint density at radius 3 is 2.67 bits per heavy atom. The van der Waals surface area contributed by atoms with Crippen LogP contribution in [0.15, 0.2) is 42.5 Å². The lowest BCUT2D eigenvalue weighted by molar-refractivity contribution is 0.0786. The zero-order valence-corrected chi connectivity index (χ0v) is 13.2. The number of nitrogens with zero attached hydrogens (tertiary/aromatic N) is 1. The molecule has 0 spiro atoms. The molecule has 0 bridgehead atoms. The third-order valence-electron chi connectivity index (χ3n) is 3.33. The molecule has 3 nitrogen and oxygen atoms in total. The highest BCUT2D eigenvalue weighted by Crippen LogP contribution is 2.20. The molecule has 0 aliphatic heterocycles. The lowest BCUT2D eigenvalue weighted by atomic mass is 10.1. The monoisotopic (exact) mass is 302 g/mol. The molecule has 0 atom stereocenters. The largest absolute Gasteiger partial charge is 0.387 e. The Hall–Kier alpha value is -2.00. The average Bonchev–Trinajstić information content (AvgIpc) is 2.46. The minimum Gasteiger partial charge on any atom is -0.387 e. The summed E-state index contributed by atoms with van der Waals surface area (Å²) in [6, 6.07) is 13.4. The lowest BCUT2D eigenvalue weighted by Crippen LogP contribution is -2.27. The van der Waals surface area contributed by atoms with Gasteiger partial charge in [0.05, 0.1) is 5.56 Å². The number of halogens is 1. The quantitative estimate of drug-likeness (QED) is 0.927. The normalized spacial score (nSPS) is 10.3. The van der Waals surface area contributed by atoms with E-state index in [1.807, 2.05) is 56.4 Å². The summed E-state index contributed by atoms with van der Waals surface area (Å²) in [5.41, 5.74) is 3.59. The zero-order chi connectivity index (χ0) is 15.4. The lowest BCUT2D eigenvalue weighted by Gasteiger charge is -2.19. The molecule has 0 aliphatic carbocycles. The highest BCUT2D eigenvalue weighted by Gasteiger charge is 2.16. The average molecular weight is 303 g/mol. The van der Waals surface area contributed by atoms with Crippen molar-refractivity contribution in [1.29, 1.82) is 0 Å². The third kappa shape index (κ3) is 3.76. The first-order valence-corrected chi connectivity index (χ1v) is 7.17. The Balaban J connectivity index is 2.21. The summed E-state index contributed by atoms with van der Waals surface area (Å²) in [5, 5.41) is 3.74. The summed E-state index contributed by atoms with van der Waals surface area (Å²) in [5.74, 6) is -0.0111. The van der Waals surface area contributed by atoms with Crippen molar-refractivity contribution in [3.05, 3.63) is 64.2 Å².